The van der Waals surface area contributed by atoms with Crippen molar-refractivity contribution in [2.45, 2.75) is 44.8 Å². The normalized spacial score (nSPS) is 12.8. The number of aromatic nitrogens is 2. The van der Waals surface area contributed by atoms with Crippen LogP contribution in [0.1, 0.15) is 42.0 Å². The number of unbranched alkanes of at least 4 members (excludes halogenated alkanes) is 1. The Morgan fingerprint density at radius 1 is 0.972 bits per heavy atom. The van der Waals surface area contributed by atoms with Gasteiger partial charge in [0.15, 0.2) is 0 Å². The highest BCUT2D eigenvalue weighted by molar-refractivity contribution is 5.53. The fourth-order valence-corrected chi connectivity index (χ4v) is 4.89. The van der Waals surface area contributed by atoms with E-state index in [4.69, 9.17) is 4.74 Å². The molecule has 5 nitrogen and oxygen atoms in total. The molecule has 0 spiro atoms. The first-order valence-electron chi connectivity index (χ1n) is 12.8. The Hall–Kier alpha value is -3.57. The van der Waals surface area contributed by atoms with Crippen LogP contribution < -0.4 is 15.0 Å². The van der Waals surface area contributed by atoms with Crippen LogP contribution in [0.25, 0.3) is 0 Å². The van der Waals surface area contributed by atoms with Crippen molar-refractivity contribution in [2.24, 2.45) is 0 Å². The van der Waals surface area contributed by atoms with Gasteiger partial charge >= 0.3 is 0 Å². The van der Waals surface area contributed by atoms with E-state index < -0.39 is 5.54 Å². The second-order valence-corrected chi connectivity index (χ2v) is 9.51. The lowest BCUT2D eigenvalue weighted by Gasteiger charge is -2.38. The maximum Gasteiger partial charge on any atom is 0.124 e. The second-order valence-electron chi connectivity index (χ2n) is 9.51. The molecule has 1 aromatic heterocycles. The highest BCUT2D eigenvalue weighted by Crippen LogP contribution is 2.40. The summed E-state index contributed by atoms with van der Waals surface area (Å²) in [7, 11) is 5.96. The van der Waals surface area contributed by atoms with E-state index in [2.05, 4.69) is 108 Å². The quantitative estimate of drug-likeness (QED) is 0.268. The van der Waals surface area contributed by atoms with E-state index in [1.807, 2.05) is 24.8 Å². The fraction of sp³-hybridized carbons (Fsp3) is 0.323. The Bertz CT molecular complexity index is 1220. The summed E-state index contributed by atoms with van der Waals surface area (Å²) < 4.78 is 8.00. The molecule has 0 aliphatic carbocycles. The second kappa shape index (κ2) is 11.9. The number of para-hydroxylation sites is 1. The van der Waals surface area contributed by atoms with Gasteiger partial charge in [-0.25, -0.2) is 4.98 Å². The molecule has 0 saturated carbocycles. The smallest absolute Gasteiger partial charge is 0.124 e. The number of aryl methyl sites for hydroxylation is 1. The Morgan fingerprint density at radius 3 is 2.44 bits per heavy atom. The number of methoxy groups -OCH3 is 1. The molecule has 188 valence electrons. The van der Waals surface area contributed by atoms with Gasteiger partial charge in [0.2, 0.25) is 0 Å². The molecule has 0 bridgehead atoms. The number of anilines is 1. The summed E-state index contributed by atoms with van der Waals surface area (Å²) in [6, 6.07) is 26.0. The van der Waals surface area contributed by atoms with Crippen molar-refractivity contribution in [3.63, 3.8) is 0 Å². The average molecular weight is 483 g/mol. The third-order valence-corrected chi connectivity index (χ3v) is 6.92. The van der Waals surface area contributed by atoms with Crippen LogP contribution in [-0.2, 0) is 25.0 Å². The van der Waals surface area contributed by atoms with E-state index >= 15 is 0 Å². The van der Waals surface area contributed by atoms with Crippen molar-refractivity contribution in [1.82, 2.24) is 14.9 Å². The lowest BCUT2D eigenvalue weighted by molar-refractivity contribution is 0.332. The molecule has 0 aliphatic heterocycles. The Labute approximate surface area is 215 Å². The number of hydrogen-bond acceptors (Lipinski definition) is 4. The molecule has 0 saturated heterocycles. The minimum Gasteiger partial charge on any atom is -0.496 e. The van der Waals surface area contributed by atoms with Gasteiger partial charge < -0.3 is 14.2 Å². The predicted molar refractivity (Wildman–Crippen MR) is 149 cm³/mol. The number of nitrogens with zero attached hydrogens (tertiary/aromatic N) is 3. The van der Waals surface area contributed by atoms with Crippen molar-refractivity contribution in [2.75, 3.05) is 26.1 Å². The zero-order chi connectivity index (χ0) is 25.4. The minimum absolute atomic E-state index is 0.515. The molecule has 0 aliphatic rings. The summed E-state index contributed by atoms with van der Waals surface area (Å²) in [5.74, 6) is 0.875. The van der Waals surface area contributed by atoms with Gasteiger partial charge in [-0.15, -0.1) is 0 Å². The van der Waals surface area contributed by atoms with E-state index in [-0.39, 0.29) is 0 Å². The molecule has 3 aromatic carbocycles. The molecule has 4 aromatic rings. The first kappa shape index (κ1) is 25.5. The summed E-state index contributed by atoms with van der Waals surface area (Å²) in [6.45, 7) is 2.87. The predicted octanol–water partition coefficient (Wildman–Crippen LogP) is 6.03. The van der Waals surface area contributed by atoms with Crippen molar-refractivity contribution < 1.29 is 4.74 Å². The minimum atomic E-state index is -0.515. The van der Waals surface area contributed by atoms with Gasteiger partial charge in [0, 0.05) is 37.7 Å². The van der Waals surface area contributed by atoms with Crippen LogP contribution in [0.5, 0.6) is 5.75 Å². The molecule has 4 rings (SSSR count). The topological polar surface area (TPSA) is 42.3 Å². The van der Waals surface area contributed by atoms with Crippen LogP contribution in [0, 0.1) is 0 Å². The summed E-state index contributed by atoms with van der Waals surface area (Å²) in [5.41, 5.74) is 5.80. The van der Waals surface area contributed by atoms with Gasteiger partial charge in [-0.2, -0.15) is 0 Å². The maximum atomic E-state index is 5.93. The number of nitrogens with one attached hydrogen (secondary N) is 1. The summed E-state index contributed by atoms with van der Waals surface area (Å²) >= 11 is 0. The third-order valence-electron chi connectivity index (χ3n) is 6.92. The summed E-state index contributed by atoms with van der Waals surface area (Å²) in [5, 5.41) is 3.94. The van der Waals surface area contributed by atoms with Crippen molar-refractivity contribution >= 4 is 5.69 Å². The van der Waals surface area contributed by atoms with Gasteiger partial charge in [-0.1, -0.05) is 67.9 Å². The van der Waals surface area contributed by atoms with Crippen molar-refractivity contribution in [1.29, 1.82) is 0 Å². The Kier molecular flexibility index (Phi) is 8.44. The molecule has 0 fully saturated rings. The number of hydrogen-bond donors (Lipinski definition) is 1. The zero-order valence-corrected chi connectivity index (χ0v) is 21.9. The molecule has 5 heteroatoms. The fourth-order valence-electron chi connectivity index (χ4n) is 4.89. The van der Waals surface area contributed by atoms with E-state index in [0.717, 1.165) is 24.2 Å². The Morgan fingerprint density at radius 2 is 1.75 bits per heavy atom. The summed E-state index contributed by atoms with van der Waals surface area (Å²) in [4.78, 5) is 6.44. The molecular formula is C31H38N4O. The van der Waals surface area contributed by atoms with Gasteiger partial charge in [-0.3, -0.25) is 5.32 Å². The SMILES string of the molecule is CCCCc1cc(N(C)C)ccc1CC(NCn1ccnc1)(c1ccccc1)c1ccccc1OC. The Balaban J connectivity index is 1.90. The molecular weight excluding hydrogens is 444 g/mol. The molecule has 1 unspecified atom stereocenters. The monoisotopic (exact) mass is 482 g/mol. The third kappa shape index (κ3) is 5.63. The zero-order valence-electron chi connectivity index (χ0n) is 21.9. The van der Waals surface area contributed by atoms with E-state index in [0.29, 0.717) is 6.67 Å². The molecule has 0 radical (unpaired) electrons. The largest absolute Gasteiger partial charge is 0.496 e. The van der Waals surface area contributed by atoms with Crippen molar-refractivity contribution in [3.05, 3.63) is 114 Å². The lowest BCUT2D eigenvalue weighted by Crippen LogP contribution is -2.46. The molecule has 1 N–H and O–H groups in total. The summed E-state index contributed by atoms with van der Waals surface area (Å²) in [6.07, 6.45) is 9.84. The van der Waals surface area contributed by atoms with Gasteiger partial charge in [0.25, 0.3) is 0 Å². The highest BCUT2D eigenvalue weighted by Gasteiger charge is 2.37. The molecule has 1 heterocycles. The van der Waals surface area contributed by atoms with Gasteiger partial charge in [-0.05, 0) is 54.2 Å². The van der Waals surface area contributed by atoms with Crippen LogP contribution >= 0.6 is 0 Å². The van der Waals surface area contributed by atoms with Crippen LogP contribution in [0.15, 0.2) is 91.5 Å². The number of imidazole rings is 1. The van der Waals surface area contributed by atoms with Crippen LogP contribution in [0.4, 0.5) is 5.69 Å². The van der Waals surface area contributed by atoms with E-state index in [1.165, 1.54) is 35.2 Å². The standard InChI is InChI=1S/C31H38N4O/c1-5-6-12-25-21-28(34(2)3)18-17-26(25)22-31(27-13-8-7-9-14-27,33-24-35-20-19-32-23-35)29-15-10-11-16-30(29)36-4/h7-11,13-21,23,33H,5-6,12,22,24H2,1-4H3. The first-order chi connectivity index (χ1) is 17.6. The van der Waals surface area contributed by atoms with E-state index in [1.54, 1.807) is 7.11 Å². The number of rotatable bonds is 12. The first-order valence-corrected chi connectivity index (χ1v) is 12.8. The van der Waals surface area contributed by atoms with Crippen molar-refractivity contribution in [3.8, 4) is 5.75 Å². The highest BCUT2D eigenvalue weighted by atomic mass is 16.5. The number of benzene rings is 3. The lowest BCUT2D eigenvalue weighted by atomic mass is 9.76. The van der Waals surface area contributed by atoms with Crippen LogP contribution in [-0.4, -0.2) is 30.8 Å². The van der Waals surface area contributed by atoms with Crippen LogP contribution in [0.3, 0.4) is 0 Å². The van der Waals surface area contributed by atoms with Gasteiger partial charge in [0.05, 0.1) is 25.6 Å². The molecule has 1 atom stereocenters. The molecule has 0 amide bonds. The number of ether oxygens (including phenoxy) is 1. The molecule has 36 heavy (non-hydrogen) atoms. The van der Waals surface area contributed by atoms with Gasteiger partial charge in [0.1, 0.15) is 5.75 Å². The maximum absolute atomic E-state index is 5.93. The van der Waals surface area contributed by atoms with E-state index in [9.17, 15) is 0 Å². The van der Waals surface area contributed by atoms with Crippen LogP contribution in [0.2, 0.25) is 0 Å². The average Bonchev–Trinajstić information content (AvgIpc) is 3.44.